The van der Waals surface area contributed by atoms with E-state index >= 15 is 0 Å². The van der Waals surface area contributed by atoms with Crippen LogP contribution in [0.2, 0.25) is 0 Å². The van der Waals surface area contributed by atoms with Crippen molar-refractivity contribution in [1.82, 2.24) is 25.3 Å². The van der Waals surface area contributed by atoms with E-state index in [0.29, 0.717) is 5.69 Å². The van der Waals surface area contributed by atoms with E-state index in [1.165, 1.54) is 12.1 Å². The zero-order valence-corrected chi connectivity index (χ0v) is 15.3. The summed E-state index contributed by atoms with van der Waals surface area (Å²) in [6.45, 7) is 1.81. The molecular formula is C19H18F2N6O2. The van der Waals surface area contributed by atoms with Crippen molar-refractivity contribution in [3.05, 3.63) is 54.0 Å². The fraction of sp³-hybridized carbons (Fsp3) is 0.263. The molecule has 0 bridgehead atoms. The Bertz CT molecular complexity index is 1030. The number of carbonyl (C=O) groups is 1. The molecule has 0 aliphatic carbocycles. The lowest BCUT2D eigenvalue weighted by molar-refractivity contribution is 0.0690. The second-order valence-corrected chi connectivity index (χ2v) is 6.71. The predicted octanol–water partition coefficient (Wildman–Crippen LogP) is 2.98. The SMILES string of the molecule is O=C(O)c1nnc(-c2c(F)cccc2F)cc1Nc1cnn(C2CCNCC2)c1. The Hall–Kier alpha value is -3.40. The number of halogens is 2. The molecule has 3 N–H and O–H groups in total. The molecule has 10 heteroatoms. The lowest BCUT2D eigenvalue weighted by atomic mass is 10.1. The van der Waals surface area contributed by atoms with Gasteiger partial charge in [0.2, 0.25) is 0 Å². The minimum absolute atomic E-state index is 0.0648. The highest BCUT2D eigenvalue weighted by atomic mass is 19.1. The van der Waals surface area contributed by atoms with Crippen LogP contribution in [0.1, 0.15) is 29.4 Å². The molecule has 1 saturated heterocycles. The van der Waals surface area contributed by atoms with Gasteiger partial charge in [0.05, 0.1) is 29.2 Å². The van der Waals surface area contributed by atoms with Gasteiger partial charge < -0.3 is 15.7 Å². The summed E-state index contributed by atoms with van der Waals surface area (Å²) >= 11 is 0. The Balaban J connectivity index is 1.67. The summed E-state index contributed by atoms with van der Waals surface area (Å²) in [5.74, 6) is -2.94. The van der Waals surface area contributed by atoms with Crippen molar-refractivity contribution in [3.63, 3.8) is 0 Å². The number of nitrogens with zero attached hydrogens (tertiary/aromatic N) is 4. The molecule has 0 radical (unpaired) electrons. The zero-order valence-electron chi connectivity index (χ0n) is 15.3. The van der Waals surface area contributed by atoms with E-state index < -0.39 is 17.6 Å². The molecule has 1 fully saturated rings. The van der Waals surface area contributed by atoms with Crippen molar-refractivity contribution in [2.45, 2.75) is 18.9 Å². The number of carboxylic acids is 1. The third kappa shape index (κ3) is 3.92. The van der Waals surface area contributed by atoms with Crippen LogP contribution in [0, 0.1) is 11.6 Å². The van der Waals surface area contributed by atoms with Gasteiger partial charge in [-0.2, -0.15) is 5.10 Å². The summed E-state index contributed by atoms with van der Waals surface area (Å²) in [5.41, 5.74) is -0.238. The van der Waals surface area contributed by atoms with Crippen LogP contribution < -0.4 is 10.6 Å². The number of hydrogen-bond donors (Lipinski definition) is 3. The molecule has 3 aromatic rings. The summed E-state index contributed by atoms with van der Waals surface area (Å²) in [5, 5.41) is 27.3. The van der Waals surface area contributed by atoms with Gasteiger partial charge in [-0.15, -0.1) is 10.2 Å². The maximum atomic E-state index is 14.1. The first-order valence-corrected chi connectivity index (χ1v) is 9.10. The van der Waals surface area contributed by atoms with Gasteiger partial charge in [-0.3, -0.25) is 4.68 Å². The number of piperidine rings is 1. The van der Waals surface area contributed by atoms with E-state index in [2.05, 4.69) is 25.9 Å². The van der Waals surface area contributed by atoms with Crippen LogP contribution in [-0.4, -0.2) is 44.1 Å². The summed E-state index contributed by atoms with van der Waals surface area (Å²) in [6, 6.07) is 4.95. The lowest BCUT2D eigenvalue weighted by Crippen LogP contribution is -2.29. The smallest absolute Gasteiger partial charge is 0.358 e. The number of benzene rings is 1. The van der Waals surface area contributed by atoms with E-state index in [-0.39, 0.29) is 28.7 Å². The standard InChI is InChI=1S/C19H18F2N6O2/c20-13-2-1-3-14(21)17(13)15-8-16(18(19(28)29)26-25-15)24-11-9-23-27(10-11)12-4-6-22-7-5-12/h1-3,8-10,12,22H,4-7H2,(H,24,25)(H,28,29). The molecule has 0 saturated carbocycles. The van der Waals surface area contributed by atoms with Gasteiger partial charge in [0.15, 0.2) is 5.69 Å². The van der Waals surface area contributed by atoms with Crippen LogP contribution in [0.15, 0.2) is 36.7 Å². The maximum absolute atomic E-state index is 14.1. The largest absolute Gasteiger partial charge is 0.476 e. The fourth-order valence-corrected chi connectivity index (χ4v) is 3.34. The van der Waals surface area contributed by atoms with E-state index in [1.807, 2.05) is 4.68 Å². The molecule has 29 heavy (non-hydrogen) atoms. The monoisotopic (exact) mass is 400 g/mol. The molecular weight excluding hydrogens is 382 g/mol. The molecule has 8 nitrogen and oxygen atoms in total. The van der Waals surface area contributed by atoms with Gasteiger partial charge in [0, 0.05) is 6.20 Å². The number of rotatable bonds is 5. The van der Waals surface area contributed by atoms with E-state index in [0.717, 1.165) is 38.1 Å². The van der Waals surface area contributed by atoms with Crippen molar-refractivity contribution in [2.75, 3.05) is 18.4 Å². The highest BCUT2D eigenvalue weighted by molar-refractivity contribution is 5.93. The first kappa shape index (κ1) is 18.9. The number of aromatic nitrogens is 4. The Morgan fingerprint density at radius 3 is 2.62 bits per heavy atom. The van der Waals surface area contributed by atoms with Crippen molar-refractivity contribution >= 4 is 17.3 Å². The van der Waals surface area contributed by atoms with Gasteiger partial charge in [-0.25, -0.2) is 13.6 Å². The van der Waals surface area contributed by atoms with Gasteiger partial charge in [-0.05, 0) is 44.1 Å². The first-order chi connectivity index (χ1) is 14.0. The van der Waals surface area contributed by atoms with Gasteiger partial charge in [0.25, 0.3) is 0 Å². The highest BCUT2D eigenvalue weighted by Gasteiger charge is 2.20. The summed E-state index contributed by atoms with van der Waals surface area (Å²) in [7, 11) is 0. The molecule has 0 atom stereocenters. The molecule has 3 heterocycles. The lowest BCUT2D eigenvalue weighted by Gasteiger charge is -2.22. The number of hydrogen-bond acceptors (Lipinski definition) is 6. The van der Waals surface area contributed by atoms with Crippen molar-refractivity contribution < 1.29 is 18.7 Å². The van der Waals surface area contributed by atoms with Crippen LogP contribution in [0.4, 0.5) is 20.2 Å². The highest BCUT2D eigenvalue weighted by Crippen LogP contribution is 2.29. The van der Waals surface area contributed by atoms with Crippen LogP contribution >= 0.6 is 0 Å². The zero-order chi connectivity index (χ0) is 20.4. The summed E-state index contributed by atoms with van der Waals surface area (Å²) in [4.78, 5) is 11.5. The Labute approximate surface area is 164 Å². The van der Waals surface area contributed by atoms with Crippen molar-refractivity contribution in [3.8, 4) is 11.3 Å². The molecule has 150 valence electrons. The predicted molar refractivity (Wildman–Crippen MR) is 101 cm³/mol. The van der Waals surface area contributed by atoms with Gasteiger partial charge >= 0.3 is 5.97 Å². The molecule has 0 spiro atoms. The molecule has 0 amide bonds. The number of anilines is 2. The minimum atomic E-state index is -1.31. The third-order valence-electron chi connectivity index (χ3n) is 4.78. The van der Waals surface area contributed by atoms with Crippen LogP contribution in [-0.2, 0) is 0 Å². The maximum Gasteiger partial charge on any atom is 0.358 e. The number of aromatic carboxylic acids is 1. The van der Waals surface area contributed by atoms with Crippen molar-refractivity contribution in [1.29, 1.82) is 0 Å². The molecule has 4 rings (SSSR count). The fourth-order valence-electron chi connectivity index (χ4n) is 3.34. The normalized spacial score (nSPS) is 14.7. The van der Waals surface area contributed by atoms with Crippen LogP contribution in [0.5, 0.6) is 0 Å². The van der Waals surface area contributed by atoms with E-state index in [1.54, 1.807) is 12.4 Å². The number of carboxylic acid groups (broad SMARTS) is 1. The molecule has 0 unspecified atom stereocenters. The van der Waals surface area contributed by atoms with Crippen LogP contribution in [0.25, 0.3) is 11.3 Å². The van der Waals surface area contributed by atoms with Gasteiger partial charge in [-0.1, -0.05) is 6.07 Å². The van der Waals surface area contributed by atoms with Gasteiger partial charge in [0.1, 0.15) is 17.3 Å². The third-order valence-corrected chi connectivity index (χ3v) is 4.78. The molecule has 1 aliphatic rings. The number of nitrogens with one attached hydrogen (secondary N) is 2. The first-order valence-electron chi connectivity index (χ1n) is 9.10. The second-order valence-electron chi connectivity index (χ2n) is 6.71. The van der Waals surface area contributed by atoms with E-state index in [4.69, 9.17) is 0 Å². The summed E-state index contributed by atoms with van der Waals surface area (Å²) < 4.78 is 30.0. The Morgan fingerprint density at radius 1 is 1.21 bits per heavy atom. The minimum Gasteiger partial charge on any atom is -0.476 e. The quantitative estimate of drug-likeness (QED) is 0.605. The topological polar surface area (TPSA) is 105 Å². The van der Waals surface area contributed by atoms with Crippen molar-refractivity contribution in [2.24, 2.45) is 0 Å². The molecule has 1 aliphatic heterocycles. The van der Waals surface area contributed by atoms with Crippen LogP contribution in [0.3, 0.4) is 0 Å². The Kier molecular flexibility index (Phi) is 5.17. The average Bonchev–Trinajstić information content (AvgIpc) is 3.17. The molecule has 2 aromatic heterocycles. The Morgan fingerprint density at radius 2 is 1.93 bits per heavy atom. The second kappa shape index (κ2) is 7.92. The molecule has 1 aromatic carbocycles. The average molecular weight is 400 g/mol. The summed E-state index contributed by atoms with van der Waals surface area (Å²) in [6.07, 6.45) is 5.22. The van der Waals surface area contributed by atoms with E-state index in [9.17, 15) is 18.7 Å².